The lowest BCUT2D eigenvalue weighted by molar-refractivity contribution is 0.113. The van der Waals surface area contributed by atoms with Crippen molar-refractivity contribution in [2.45, 2.75) is 12.0 Å². The molecule has 1 aliphatic carbocycles. The first-order valence-corrected chi connectivity index (χ1v) is 7.27. The monoisotopic (exact) mass is 307 g/mol. The first kappa shape index (κ1) is 15.0. The third kappa shape index (κ3) is 3.00. The van der Waals surface area contributed by atoms with E-state index >= 15 is 0 Å². The summed E-state index contributed by atoms with van der Waals surface area (Å²) in [5, 5.41) is 15.3. The molecule has 0 bridgehead atoms. The largest absolute Gasteiger partial charge is 0.380 e. The van der Waals surface area contributed by atoms with Gasteiger partial charge in [0.1, 0.15) is 5.60 Å². The minimum Gasteiger partial charge on any atom is -0.380 e. The smallest absolute Gasteiger partial charge is 0.332 e. The summed E-state index contributed by atoms with van der Waals surface area (Å²) >= 11 is 0. The topological polar surface area (TPSA) is 87.7 Å². The van der Waals surface area contributed by atoms with Gasteiger partial charge in [0, 0.05) is 6.42 Å². The van der Waals surface area contributed by atoms with E-state index in [0.29, 0.717) is 5.71 Å². The van der Waals surface area contributed by atoms with Gasteiger partial charge in [-0.15, -0.1) is 0 Å². The van der Waals surface area contributed by atoms with Gasteiger partial charge in [-0.05, 0) is 22.8 Å². The summed E-state index contributed by atoms with van der Waals surface area (Å²) in [7, 11) is 0. The Kier molecular flexibility index (Phi) is 3.95. The fourth-order valence-electron chi connectivity index (χ4n) is 2.80. The number of benzene rings is 2. The SMILES string of the molecule is NC(=O)N/N=C1\C=C(c2ccccc2)[C@@](O)(c2ccccc2)C1. The Morgan fingerprint density at radius 1 is 1.09 bits per heavy atom. The highest BCUT2D eigenvalue weighted by atomic mass is 16.3. The van der Waals surface area contributed by atoms with Crippen LogP contribution in [0, 0.1) is 0 Å². The summed E-state index contributed by atoms with van der Waals surface area (Å²) in [6.45, 7) is 0. The van der Waals surface area contributed by atoms with E-state index in [0.717, 1.165) is 16.7 Å². The van der Waals surface area contributed by atoms with Crippen molar-refractivity contribution in [2.75, 3.05) is 0 Å². The fourth-order valence-corrected chi connectivity index (χ4v) is 2.80. The Morgan fingerprint density at radius 3 is 2.30 bits per heavy atom. The molecule has 1 atom stereocenters. The van der Waals surface area contributed by atoms with Crippen molar-refractivity contribution in [1.82, 2.24) is 5.43 Å². The van der Waals surface area contributed by atoms with Crippen LogP contribution in [0.5, 0.6) is 0 Å². The number of aliphatic hydroxyl groups is 1. The van der Waals surface area contributed by atoms with Crippen LogP contribution in [0.2, 0.25) is 0 Å². The summed E-state index contributed by atoms with van der Waals surface area (Å²) in [5.41, 5.74) is 9.07. The van der Waals surface area contributed by atoms with Crippen molar-refractivity contribution in [3.8, 4) is 0 Å². The van der Waals surface area contributed by atoms with Gasteiger partial charge in [0.15, 0.2) is 0 Å². The lowest BCUT2D eigenvalue weighted by atomic mass is 9.84. The van der Waals surface area contributed by atoms with Gasteiger partial charge in [-0.1, -0.05) is 60.7 Å². The van der Waals surface area contributed by atoms with Crippen LogP contribution in [0.25, 0.3) is 5.57 Å². The number of nitrogens with one attached hydrogen (secondary N) is 1. The molecule has 0 unspecified atom stereocenters. The predicted octanol–water partition coefficient (Wildman–Crippen LogP) is 2.39. The lowest BCUT2D eigenvalue weighted by Crippen LogP contribution is -2.27. The van der Waals surface area contributed by atoms with Crippen LogP contribution in [0.4, 0.5) is 4.79 Å². The second-order valence-electron chi connectivity index (χ2n) is 5.41. The average Bonchev–Trinajstić information content (AvgIpc) is 2.93. The molecule has 5 heteroatoms. The summed E-state index contributed by atoms with van der Waals surface area (Å²) in [6, 6.07) is 18.3. The van der Waals surface area contributed by atoms with Crippen LogP contribution >= 0.6 is 0 Å². The van der Waals surface area contributed by atoms with Crippen LogP contribution in [-0.4, -0.2) is 16.8 Å². The molecule has 0 radical (unpaired) electrons. The number of hydrogen-bond donors (Lipinski definition) is 3. The maximum atomic E-state index is 11.3. The van der Waals surface area contributed by atoms with Crippen LogP contribution in [0.1, 0.15) is 17.5 Å². The van der Waals surface area contributed by atoms with Crippen molar-refractivity contribution in [2.24, 2.45) is 10.8 Å². The highest BCUT2D eigenvalue weighted by Crippen LogP contribution is 2.43. The number of allylic oxidation sites excluding steroid dienone is 1. The van der Waals surface area contributed by atoms with Crippen LogP contribution in [0.15, 0.2) is 71.8 Å². The molecule has 2 aromatic carbocycles. The van der Waals surface area contributed by atoms with Crippen LogP contribution in [0.3, 0.4) is 0 Å². The van der Waals surface area contributed by atoms with Crippen molar-refractivity contribution in [1.29, 1.82) is 0 Å². The van der Waals surface area contributed by atoms with E-state index in [9.17, 15) is 9.90 Å². The Morgan fingerprint density at radius 2 is 1.70 bits per heavy atom. The molecular weight excluding hydrogens is 290 g/mol. The normalized spacial score (nSPS) is 22.0. The zero-order valence-corrected chi connectivity index (χ0v) is 12.4. The molecular formula is C18H17N3O2. The molecule has 0 fully saturated rings. The Labute approximate surface area is 134 Å². The standard InChI is InChI=1S/C18H17N3O2/c19-17(22)21-20-15-11-16(13-7-3-1-4-8-13)18(23,12-15)14-9-5-2-6-10-14/h1-11,23H,12H2,(H3,19,21,22)/b20-15+/t18-/m0/s1. The van der Waals surface area contributed by atoms with E-state index in [-0.39, 0.29) is 6.42 Å². The van der Waals surface area contributed by atoms with E-state index in [1.807, 2.05) is 60.7 Å². The van der Waals surface area contributed by atoms with Crippen molar-refractivity contribution < 1.29 is 9.90 Å². The summed E-state index contributed by atoms with van der Waals surface area (Å²) in [4.78, 5) is 10.9. The van der Waals surface area contributed by atoms with Crippen molar-refractivity contribution in [3.63, 3.8) is 0 Å². The maximum Gasteiger partial charge on any atom is 0.332 e. The number of hydrogen-bond acceptors (Lipinski definition) is 3. The number of nitrogens with zero attached hydrogens (tertiary/aromatic N) is 1. The van der Waals surface area contributed by atoms with Gasteiger partial charge >= 0.3 is 6.03 Å². The number of hydrazone groups is 1. The molecule has 0 aromatic heterocycles. The van der Waals surface area contributed by atoms with Gasteiger partial charge in [0.25, 0.3) is 0 Å². The molecule has 0 spiro atoms. The van der Waals surface area contributed by atoms with Gasteiger partial charge in [-0.2, -0.15) is 5.10 Å². The van der Waals surface area contributed by atoms with Gasteiger partial charge in [-0.3, -0.25) is 0 Å². The average molecular weight is 307 g/mol. The molecule has 23 heavy (non-hydrogen) atoms. The van der Waals surface area contributed by atoms with Crippen LogP contribution in [-0.2, 0) is 5.60 Å². The van der Waals surface area contributed by atoms with Crippen LogP contribution < -0.4 is 11.2 Å². The molecule has 3 rings (SSSR count). The quantitative estimate of drug-likeness (QED) is 0.760. The molecule has 0 aliphatic heterocycles. The van der Waals surface area contributed by atoms with E-state index in [2.05, 4.69) is 10.5 Å². The van der Waals surface area contributed by atoms with E-state index in [1.54, 1.807) is 6.08 Å². The number of nitrogens with two attached hydrogens (primary N) is 1. The molecule has 0 heterocycles. The summed E-state index contributed by atoms with van der Waals surface area (Å²) < 4.78 is 0. The Hall–Kier alpha value is -2.92. The fraction of sp³-hybridized carbons (Fsp3) is 0.111. The van der Waals surface area contributed by atoms with E-state index in [4.69, 9.17) is 5.73 Å². The minimum atomic E-state index is -1.19. The second kappa shape index (κ2) is 6.06. The molecule has 2 amide bonds. The minimum absolute atomic E-state index is 0.265. The Bertz CT molecular complexity index is 769. The van der Waals surface area contributed by atoms with Gasteiger partial charge in [-0.25, -0.2) is 10.2 Å². The molecule has 0 saturated carbocycles. The summed E-state index contributed by atoms with van der Waals surface area (Å²) in [6.07, 6.45) is 2.06. The summed E-state index contributed by atoms with van der Waals surface area (Å²) in [5.74, 6) is 0. The number of carbonyl (C=O) groups excluding carboxylic acids is 1. The van der Waals surface area contributed by atoms with Crippen molar-refractivity contribution in [3.05, 3.63) is 77.9 Å². The first-order chi connectivity index (χ1) is 11.1. The molecule has 1 aliphatic rings. The van der Waals surface area contributed by atoms with Gasteiger partial charge < -0.3 is 10.8 Å². The van der Waals surface area contributed by atoms with E-state index in [1.165, 1.54) is 0 Å². The molecule has 5 nitrogen and oxygen atoms in total. The maximum absolute atomic E-state index is 11.3. The number of primary amides is 1. The zero-order valence-electron chi connectivity index (χ0n) is 12.4. The van der Waals surface area contributed by atoms with Gasteiger partial charge in [0.05, 0.1) is 5.71 Å². The highest BCUT2D eigenvalue weighted by Gasteiger charge is 2.40. The predicted molar refractivity (Wildman–Crippen MR) is 89.5 cm³/mol. The van der Waals surface area contributed by atoms with Gasteiger partial charge in [0.2, 0.25) is 0 Å². The first-order valence-electron chi connectivity index (χ1n) is 7.27. The number of rotatable bonds is 3. The third-order valence-corrected chi connectivity index (χ3v) is 3.84. The number of urea groups is 1. The number of carbonyl (C=O) groups is 1. The molecule has 4 N–H and O–H groups in total. The highest BCUT2D eigenvalue weighted by molar-refractivity contribution is 6.08. The second-order valence-corrected chi connectivity index (χ2v) is 5.41. The number of amides is 2. The van der Waals surface area contributed by atoms with Crippen molar-refractivity contribution >= 4 is 17.3 Å². The zero-order chi connectivity index (χ0) is 16.3. The third-order valence-electron chi connectivity index (χ3n) is 3.84. The molecule has 2 aromatic rings. The molecule has 0 saturated heterocycles. The Balaban J connectivity index is 2.07. The van der Waals surface area contributed by atoms with E-state index < -0.39 is 11.6 Å². The molecule has 116 valence electrons. The lowest BCUT2D eigenvalue weighted by Gasteiger charge is -2.27.